The maximum atomic E-state index is 13.3. The van der Waals surface area contributed by atoms with E-state index in [-0.39, 0.29) is 22.9 Å². The minimum absolute atomic E-state index is 0.163. The largest absolute Gasteiger partial charge is 0.482 e. The van der Waals surface area contributed by atoms with Crippen LogP contribution in [0.5, 0.6) is 5.75 Å². The van der Waals surface area contributed by atoms with Gasteiger partial charge in [0.05, 0.1) is 40.7 Å². The molecule has 0 bridgehead atoms. The van der Waals surface area contributed by atoms with Gasteiger partial charge in [-0.2, -0.15) is 13.2 Å². The minimum atomic E-state index is -4.64. The number of halogens is 3. The first-order chi connectivity index (χ1) is 14.6. The van der Waals surface area contributed by atoms with Crippen LogP contribution in [0.15, 0.2) is 41.3 Å². The van der Waals surface area contributed by atoms with Crippen LogP contribution in [0.25, 0.3) is 0 Å². The topological polar surface area (TPSA) is 97.0 Å². The molecule has 0 aromatic heterocycles. The molecule has 12 heteroatoms. The fraction of sp³-hybridized carbons (Fsp3) is 0.316. The van der Waals surface area contributed by atoms with E-state index in [1.807, 2.05) is 0 Å². The molecule has 31 heavy (non-hydrogen) atoms. The smallest absolute Gasteiger partial charge is 0.416 e. The van der Waals surface area contributed by atoms with E-state index in [1.54, 1.807) is 4.90 Å². The lowest BCUT2D eigenvalue weighted by atomic mass is 10.1. The number of carbonyl (C=O) groups excluding carboxylic acids is 1. The molecule has 0 aliphatic carbocycles. The Labute approximate surface area is 176 Å². The van der Waals surface area contributed by atoms with Gasteiger partial charge in [-0.05, 0) is 36.4 Å². The molecule has 2 N–H and O–H groups in total. The normalized spacial score (nSPS) is 16.9. The summed E-state index contributed by atoms with van der Waals surface area (Å²) in [6.45, 7) is 1.37. The molecule has 0 atom stereocenters. The Bertz CT molecular complexity index is 1120. The molecular formula is C19H18F3N3O5S. The van der Waals surface area contributed by atoms with Crippen LogP contribution in [0.4, 0.5) is 30.2 Å². The molecule has 2 aromatic carbocycles. The van der Waals surface area contributed by atoms with Crippen molar-refractivity contribution in [3.63, 3.8) is 0 Å². The Kier molecular flexibility index (Phi) is 5.43. The zero-order chi connectivity index (χ0) is 22.2. The first-order valence-corrected chi connectivity index (χ1v) is 10.8. The fourth-order valence-electron chi connectivity index (χ4n) is 3.31. The predicted molar refractivity (Wildman–Crippen MR) is 106 cm³/mol. The summed E-state index contributed by atoms with van der Waals surface area (Å²) >= 11 is 0. The van der Waals surface area contributed by atoms with Crippen molar-refractivity contribution >= 4 is 33.0 Å². The van der Waals surface area contributed by atoms with Crippen molar-refractivity contribution in [2.45, 2.75) is 11.1 Å². The monoisotopic (exact) mass is 457 g/mol. The number of benzene rings is 2. The van der Waals surface area contributed by atoms with Crippen molar-refractivity contribution in [1.82, 2.24) is 0 Å². The van der Waals surface area contributed by atoms with Gasteiger partial charge in [0.2, 0.25) is 0 Å². The van der Waals surface area contributed by atoms with Crippen LogP contribution in [-0.4, -0.2) is 47.2 Å². The zero-order valence-electron chi connectivity index (χ0n) is 16.0. The molecule has 0 saturated carbocycles. The maximum Gasteiger partial charge on any atom is 0.416 e. The highest BCUT2D eigenvalue weighted by molar-refractivity contribution is 7.92. The third-order valence-electron chi connectivity index (χ3n) is 4.81. The number of hydrogen-bond donors (Lipinski definition) is 2. The van der Waals surface area contributed by atoms with Crippen LogP contribution in [-0.2, 0) is 25.7 Å². The number of anilines is 3. The van der Waals surface area contributed by atoms with E-state index >= 15 is 0 Å². The van der Waals surface area contributed by atoms with Crippen LogP contribution in [0.3, 0.4) is 0 Å². The van der Waals surface area contributed by atoms with Gasteiger partial charge in [0.1, 0.15) is 5.75 Å². The van der Waals surface area contributed by atoms with Crippen LogP contribution in [0.1, 0.15) is 5.56 Å². The maximum absolute atomic E-state index is 13.3. The third kappa shape index (κ3) is 4.54. The summed E-state index contributed by atoms with van der Waals surface area (Å²) in [6, 6.07) is 6.74. The summed E-state index contributed by atoms with van der Waals surface area (Å²) in [5.41, 5.74) is -0.700. The second kappa shape index (κ2) is 7.93. The number of morpholine rings is 1. The summed E-state index contributed by atoms with van der Waals surface area (Å²) in [5.74, 6) is -0.144. The van der Waals surface area contributed by atoms with E-state index in [9.17, 15) is 26.4 Å². The molecule has 166 valence electrons. The van der Waals surface area contributed by atoms with Gasteiger partial charge in [0, 0.05) is 13.1 Å². The highest BCUT2D eigenvalue weighted by atomic mass is 32.2. The number of sulfonamides is 1. The molecule has 1 fully saturated rings. The predicted octanol–water partition coefficient (Wildman–Crippen LogP) is 2.67. The number of hydrogen-bond acceptors (Lipinski definition) is 6. The van der Waals surface area contributed by atoms with Crippen molar-refractivity contribution in [2.75, 3.05) is 47.8 Å². The van der Waals surface area contributed by atoms with Crippen LogP contribution < -0.4 is 19.7 Å². The molecule has 4 rings (SSSR count). The Hall–Kier alpha value is -2.99. The lowest BCUT2D eigenvalue weighted by Gasteiger charge is -2.31. The minimum Gasteiger partial charge on any atom is -0.482 e. The van der Waals surface area contributed by atoms with Gasteiger partial charge in [0.25, 0.3) is 15.9 Å². The van der Waals surface area contributed by atoms with Gasteiger partial charge in [0.15, 0.2) is 6.61 Å². The summed E-state index contributed by atoms with van der Waals surface area (Å²) in [7, 11) is -4.27. The van der Waals surface area contributed by atoms with Gasteiger partial charge in [-0.25, -0.2) is 8.42 Å². The van der Waals surface area contributed by atoms with Gasteiger partial charge < -0.3 is 19.7 Å². The number of amides is 1. The molecule has 1 saturated heterocycles. The molecule has 2 aliphatic heterocycles. The van der Waals surface area contributed by atoms with Crippen molar-refractivity contribution in [2.24, 2.45) is 0 Å². The van der Waals surface area contributed by atoms with Crippen LogP contribution in [0.2, 0.25) is 0 Å². The van der Waals surface area contributed by atoms with Crippen molar-refractivity contribution in [3.05, 3.63) is 42.0 Å². The first kappa shape index (κ1) is 21.2. The number of carbonyl (C=O) groups is 1. The number of fused-ring (bicyclic) bond motifs is 1. The molecule has 2 heterocycles. The molecule has 1 amide bonds. The van der Waals surface area contributed by atoms with Gasteiger partial charge in [-0.15, -0.1) is 0 Å². The van der Waals surface area contributed by atoms with E-state index < -0.39 is 27.7 Å². The van der Waals surface area contributed by atoms with Crippen molar-refractivity contribution in [3.8, 4) is 5.75 Å². The summed E-state index contributed by atoms with van der Waals surface area (Å²) in [5, 5.41) is 2.50. The standard InChI is InChI=1S/C19H18F3N3O5S/c20-19(21,22)12-1-3-16(25-5-7-29-8-6-25)14(9-12)24-31(27,28)13-2-4-17-15(10-13)23-18(26)11-30-17/h1-4,9-10,24H,5-8,11H2,(H,23,26). The molecular weight excluding hydrogens is 439 g/mol. The molecule has 2 aliphatic rings. The molecule has 8 nitrogen and oxygen atoms in total. The lowest BCUT2D eigenvalue weighted by molar-refractivity contribution is -0.137. The van der Waals surface area contributed by atoms with Gasteiger partial charge in [-0.1, -0.05) is 0 Å². The lowest BCUT2D eigenvalue weighted by Crippen LogP contribution is -2.36. The zero-order valence-corrected chi connectivity index (χ0v) is 16.8. The van der Waals surface area contributed by atoms with Crippen LogP contribution in [0, 0.1) is 0 Å². The Balaban J connectivity index is 1.71. The van der Waals surface area contributed by atoms with E-state index in [2.05, 4.69) is 10.0 Å². The fourth-order valence-corrected chi connectivity index (χ4v) is 4.40. The van der Waals surface area contributed by atoms with E-state index in [1.165, 1.54) is 24.3 Å². The average Bonchev–Trinajstić information content (AvgIpc) is 2.73. The quantitative estimate of drug-likeness (QED) is 0.733. The van der Waals surface area contributed by atoms with Gasteiger partial charge in [-0.3, -0.25) is 9.52 Å². The number of ether oxygens (including phenoxy) is 2. The van der Waals surface area contributed by atoms with E-state index in [4.69, 9.17) is 9.47 Å². The number of nitrogens with zero attached hydrogens (tertiary/aromatic N) is 1. The molecule has 0 radical (unpaired) electrons. The summed E-state index contributed by atoms with van der Waals surface area (Å²) in [6.07, 6.45) is -4.64. The SMILES string of the molecule is O=C1COc2ccc(S(=O)(=O)Nc3cc(C(F)(F)F)ccc3N3CCOCC3)cc2N1. The Morgan fingerprint density at radius 2 is 1.81 bits per heavy atom. The van der Waals surface area contributed by atoms with Crippen molar-refractivity contribution in [1.29, 1.82) is 0 Å². The van der Waals surface area contributed by atoms with E-state index in [0.29, 0.717) is 37.7 Å². The Morgan fingerprint density at radius 3 is 2.52 bits per heavy atom. The molecule has 0 spiro atoms. The summed E-state index contributed by atoms with van der Waals surface area (Å²) < 4.78 is 78.5. The molecule has 0 unspecified atom stereocenters. The average molecular weight is 457 g/mol. The highest BCUT2D eigenvalue weighted by Gasteiger charge is 2.32. The highest BCUT2D eigenvalue weighted by Crippen LogP contribution is 2.37. The molecule has 2 aromatic rings. The second-order valence-electron chi connectivity index (χ2n) is 6.93. The number of alkyl halides is 3. The number of nitrogens with one attached hydrogen (secondary N) is 2. The van der Waals surface area contributed by atoms with Gasteiger partial charge >= 0.3 is 6.18 Å². The van der Waals surface area contributed by atoms with Crippen LogP contribution >= 0.6 is 0 Å². The third-order valence-corrected chi connectivity index (χ3v) is 6.18. The van der Waals surface area contributed by atoms with E-state index in [0.717, 1.165) is 12.1 Å². The Morgan fingerprint density at radius 1 is 1.06 bits per heavy atom. The van der Waals surface area contributed by atoms with Crippen molar-refractivity contribution < 1.29 is 35.9 Å². The summed E-state index contributed by atoms with van der Waals surface area (Å²) in [4.78, 5) is 13.0. The second-order valence-corrected chi connectivity index (χ2v) is 8.61. The first-order valence-electron chi connectivity index (χ1n) is 9.27. The number of rotatable bonds is 4.